The monoisotopic (exact) mass is 288 g/mol. The fourth-order valence-electron chi connectivity index (χ4n) is 1.51. The van der Waals surface area contributed by atoms with E-state index in [1.165, 1.54) is 7.11 Å². The summed E-state index contributed by atoms with van der Waals surface area (Å²) in [6, 6.07) is 5.09. The van der Waals surface area contributed by atoms with E-state index < -0.39 is 10.0 Å². The Morgan fingerprint density at radius 1 is 1.37 bits per heavy atom. The molecule has 0 fully saturated rings. The number of hydrogen-bond donors (Lipinski definition) is 2. The van der Waals surface area contributed by atoms with Crippen LogP contribution < -0.4 is 15.2 Å². The third-order valence-corrected chi connectivity index (χ3v) is 3.78. The number of methoxy groups -OCH3 is 1. The van der Waals surface area contributed by atoms with Crippen molar-refractivity contribution in [2.24, 2.45) is 0 Å². The van der Waals surface area contributed by atoms with Crippen molar-refractivity contribution in [2.75, 3.05) is 31.8 Å². The van der Waals surface area contributed by atoms with Gasteiger partial charge in [-0.15, -0.1) is 0 Å². The normalized spacial score (nSPS) is 11.5. The van der Waals surface area contributed by atoms with Crippen LogP contribution in [-0.4, -0.2) is 34.5 Å². The summed E-state index contributed by atoms with van der Waals surface area (Å²) in [5, 5.41) is 0. The molecule has 3 N–H and O–H groups in total. The van der Waals surface area contributed by atoms with Gasteiger partial charge in [0.15, 0.2) is 0 Å². The number of anilines is 1. The highest BCUT2D eigenvalue weighted by Gasteiger charge is 2.11. The third-order valence-electron chi connectivity index (χ3n) is 2.49. The summed E-state index contributed by atoms with van der Waals surface area (Å²) in [4.78, 5) is 0. The van der Waals surface area contributed by atoms with E-state index in [1.807, 2.05) is 6.92 Å². The van der Waals surface area contributed by atoms with E-state index in [9.17, 15) is 8.42 Å². The number of ether oxygens (including phenoxy) is 2. The Bertz CT molecular complexity index is 502. The molecule has 0 spiro atoms. The molecule has 108 valence electrons. The number of rotatable bonds is 8. The lowest BCUT2D eigenvalue weighted by Crippen LogP contribution is -2.28. The smallest absolute Gasteiger partial charge is 0.214 e. The fraction of sp³-hybridized carbons (Fsp3) is 0.500. The van der Waals surface area contributed by atoms with Gasteiger partial charge in [0.2, 0.25) is 10.0 Å². The van der Waals surface area contributed by atoms with Crippen LogP contribution in [0.25, 0.3) is 0 Å². The van der Waals surface area contributed by atoms with Crippen molar-refractivity contribution < 1.29 is 17.9 Å². The van der Waals surface area contributed by atoms with Crippen LogP contribution in [0.4, 0.5) is 5.69 Å². The fourth-order valence-corrected chi connectivity index (χ4v) is 2.37. The lowest BCUT2D eigenvalue weighted by atomic mass is 10.2. The van der Waals surface area contributed by atoms with Crippen LogP contribution in [0.15, 0.2) is 18.2 Å². The Hall–Kier alpha value is -1.31. The van der Waals surface area contributed by atoms with Crippen LogP contribution >= 0.6 is 0 Å². The summed E-state index contributed by atoms with van der Waals surface area (Å²) in [6.07, 6.45) is 0. The van der Waals surface area contributed by atoms with Crippen LogP contribution in [0.1, 0.15) is 12.5 Å². The minimum absolute atomic E-state index is 0.0640. The lowest BCUT2D eigenvalue weighted by molar-refractivity contribution is 0.163. The Balaban J connectivity index is 2.63. The van der Waals surface area contributed by atoms with Crippen molar-refractivity contribution >= 4 is 15.7 Å². The molecule has 0 radical (unpaired) electrons. The van der Waals surface area contributed by atoms with Crippen LogP contribution in [0.3, 0.4) is 0 Å². The van der Waals surface area contributed by atoms with Gasteiger partial charge in [-0.25, -0.2) is 13.1 Å². The Kier molecular flexibility index (Phi) is 6.07. The predicted molar refractivity (Wildman–Crippen MR) is 74.5 cm³/mol. The van der Waals surface area contributed by atoms with Crippen LogP contribution in [-0.2, 0) is 21.3 Å². The molecule has 1 aromatic rings. The molecule has 0 unspecified atom stereocenters. The molecule has 0 aromatic heterocycles. The molecule has 0 aliphatic heterocycles. The first-order chi connectivity index (χ1) is 8.98. The summed E-state index contributed by atoms with van der Waals surface area (Å²) in [5.74, 6) is 0.535. The Morgan fingerprint density at radius 3 is 2.74 bits per heavy atom. The zero-order chi connectivity index (χ0) is 14.3. The Morgan fingerprint density at radius 2 is 2.11 bits per heavy atom. The van der Waals surface area contributed by atoms with E-state index in [0.717, 1.165) is 0 Å². The van der Waals surface area contributed by atoms with Crippen LogP contribution in [0.2, 0.25) is 0 Å². The summed E-state index contributed by atoms with van der Waals surface area (Å²) in [6.45, 7) is 2.64. The van der Waals surface area contributed by atoms with Crippen LogP contribution in [0, 0.1) is 0 Å². The average Bonchev–Trinajstić information content (AvgIpc) is 2.37. The van der Waals surface area contributed by atoms with Gasteiger partial charge < -0.3 is 15.2 Å². The Labute approximate surface area is 113 Å². The predicted octanol–water partition coefficient (Wildman–Crippen LogP) is 0.733. The molecule has 0 heterocycles. The highest BCUT2D eigenvalue weighted by Crippen LogP contribution is 2.20. The van der Waals surface area contributed by atoms with Gasteiger partial charge in [-0.05, 0) is 25.1 Å². The van der Waals surface area contributed by atoms with Gasteiger partial charge in [0.25, 0.3) is 0 Å². The molecule has 0 saturated heterocycles. The second kappa shape index (κ2) is 7.32. The first kappa shape index (κ1) is 15.7. The summed E-state index contributed by atoms with van der Waals surface area (Å²) in [5.41, 5.74) is 6.92. The number of nitrogen functional groups attached to an aromatic ring is 1. The van der Waals surface area contributed by atoms with Gasteiger partial charge in [0, 0.05) is 24.4 Å². The van der Waals surface area contributed by atoms with Crippen molar-refractivity contribution in [2.45, 2.75) is 13.5 Å². The molecule has 0 amide bonds. The highest BCUT2D eigenvalue weighted by molar-refractivity contribution is 7.89. The minimum atomic E-state index is -3.36. The highest BCUT2D eigenvalue weighted by atomic mass is 32.2. The zero-order valence-corrected chi connectivity index (χ0v) is 12.0. The maximum atomic E-state index is 11.7. The van der Waals surface area contributed by atoms with E-state index in [-0.39, 0.29) is 18.9 Å². The molecule has 1 aromatic carbocycles. The summed E-state index contributed by atoms with van der Waals surface area (Å²) >= 11 is 0. The first-order valence-electron chi connectivity index (χ1n) is 5.96. The van der Waals surface area contributed by atoms with E-state index in [1.54, 1.807) is 18.2 Å². The van der Waals surface area contributed by atoms with E-state index in [0.29, 0.717) is 23.6 Å². The molecule has 0 atom stereocenters. The third kappa shape index (κ3) is 5.46. The molecule has 7 heteroatoms. The molecule has 0 aliphatic rings. The molecule has 0 aliphatic carbocycles. The van der Waals surface area contributed by atoms with Gasteiger partial charge in [-0.3, -0.25) is 0 Å². The first-order valence-corrected chi connectivity index (χ1v) is 7.61. The summed E-state index contributed by atoms with van der Waals surface area (Å²) in [7, 11) is -1.83. The molecule has 1 rings (SSSR count). The van der Waals surface area contributed by atoms with Gasteiger partial charge in [0.1, 0.15) is 5.75 Å². The average molecular weight is 288 g/mol. The molecule has 0 saturated carbocycles. The largest absolute Gasteiger partial charge is 0.496 e. The molecule has 0 bridgehead atoms. The van der Waals surface area contributed by atoms with E-state index in [4.69, 9.17) is 15.2 Å². The molecule has 19 heavy (non-hydrogen) atoms. The maximum absolute atomic E-state index is 11.7. The second-order valence-corrected chi connectivity index (χ2v) is 5.83. The maximum Gasteiger partial charge on any atom is 0.214 e. The molecule has 6 nitrogen and oxygen atoms in total. The van der Waals surface area contributed by atoms with Gasteiger partial charge >= 0.3 is 0 Å². The number of sulfonamides is 1. The zero-order valence-electron chi connectivity index (χ0n) is 11.2. The number of hydrogen-bond acceptors (Lipinski definition) is 5. The summed E-state index contributed by atoms with van der Waals surface area (Å²) < 4.78 is 36.1. The number of benzene rings is 1. The van der Waals surface area contributed by atoms with Crippen molar-refractivity contribution in [3.05, 3.63) is 23.8 Å². The van der Waals surface area contributed by atoms with Crippen molar-refractivity contribution in [3.8, 4) is 5.75 Å². The van der Waals surface area contributed by atoms with Crippen molar-refractivity contribution in [3.63, 3.8) is 0 Å². The topological polar surface area (TPSA) is 90.7 Å². The lowest BCUT2D eigenvalue weighted by Gasteiger charge is -2.11. The standard InChI is InChI=1S/C12H20N2O4S/c1-3-18-6-7-19(15,16)14-9-10-8-11(13)4-5-12(10)17-2/h4-5,8,14H,3,6-7,9,13H2,1-2H3. The minimum Gasteiger partial charge on any atom is -0.496 e. The van der Waals surface area contributed by atoms with Gasteiger partial charge in [-0.2, -0.15) is 0 Å². The number of nitrogens with one attached hydrogen (secondary N) is 1. The molecular weight excluding hydrogens is 268 g/mol. The van der Waals surface area contributed by atoms with E-state index >= 15 is 0 Å². The molecular formula is C12H20N2O4S. The van der Waals surface area contributed by atoms with Crippen LogP contribution in [0.5, 0.6) is 5.75 Å². The van der Waals surface area contributed by atoms with Gasteiger partial charge in [0.05, 0.1) is 19.5 Å². The SMILES string of the molecule is CCOCCS(=O)(=O)NCc1cc(N)ccc1OC. The number of nitrogens with two attached hydrogens (primary N) is 1. The quantitative estimate of drug-likeness (QED) is 0.543. The van der Waals surface area contributed by atoms with Crippen molar-refractivity contribution in [1.29, 1.82) is 0 Å². The van der Waals surface area contributed by atoms with Crippen molar-refractivity contribution in [1.82, 2.24) is 4.72 Å². The van der Waals surface area contributed by atoms with Gasteiger partial charge in [-0.1, -0.05) is 0 Å². The van der Waals surface area contributed by atoms with E-state index in [2.05, 4.69) is 4.72 Å². The second-order valence-electron chi connectivity index (χ2n) is 3.91.